The first-order valence-corrected chi connectivity index (χ1v) is 7.53. The molecule has 1 atom stereocenters. The summed E-state index contributed by atoms with van der Waals surface area (Å²) in [5.74, 6) is 0.0207. The lowest BCUT2D eigenvalue weighted by Gasteiger charge is -2.24. The number of β-amino-alcohol motifs (C(OH)–C–C–N with tert-alkyl or cyclic N) is 1. The lowest BCUT2D eigenvalue weighted by atomic mass is 9.93. The van der Waals surface area contributed by atoms with Crippen LogP contribution in [0, 0.1) is 13.8 Å². The van der Waals surface area contributed by atoms with Gasteiger partial charge in [0.05, 0.1) is 18.6 Å². The highest BCUT2D eigenvalue weighted by atomic mass is 16.3. The van der Waals surface area contributed by atoms with Gasteiger partial charge in [0.1, 0.15) is 12.1 Å². The average Bonchev–Trinajstić information content (AvgIpc) is 3.07. The largest absolute Gasteiger partial charge is 0.383 e. The van der Waals surface area contributed by atoms with Crippen LogP contribution < -0.4 is 0 Å². The van der Waals surface area contributed by atoms with Crippen LogP contribution in [0.5, 0.6) is 0 Å². The highest BCUT2D eigenvalue weighted by molar-refractivity contribution is 5.76. The van der Waals surface area contributed by atoms with E-state index in [0.717, 1.165) is 17.0 Å². The molecule has 1 aliphatic rings. The van der Waals surface area contributed by atoms with Crippen molar-refractivity contribution in [2.24, 2.45) is 0 Å². The maximum atomic E-state index is 12.5. The van der Waals surface area contributed by atoms with Crippen LogP contribution >= 0.6 is 0 Å². The zero-order chi connectivity index (χ0) is 15.7. The molecule has 1 saturated heterocycles. The van der Waals surface area contributed by atoms with E-state index >= 15 is 0 Å². The summed E-state index contributed by atoms with van der Waals surface area (Å²) >= 11 is 0. The number of amides is 1. The van der Waals surface area contributed by atoms with Gasteiger partial charge < -0.3 is 14.6 Å². The Bertz CT molecular complexity index is 680. The van der Waals surface area contributed by atoms with Crippen LogP contribution in [0.1, 0.15) is 23.4 Å². The van der Waals surface area contributed by atoms with Crippen LogP contribution in [0.4, 0.5) is 0 Å². The van der Waals surface area contributed by atoms with Crippen LogP contribution in [0.3, 0.4) is 0 Å². The Balaban J connectivity index is 1.70. The molecule has 2 heterocycles. The Hall–Kier alpha value is -2.14. The molecule has 5 nitrogen and oxygen atoms in total. The molecule has 0 aliphatic carbocycles. The lowest BCUT2D eigenvalue weighted by molar-refractivity contribution is -0.131. The minimum absolute atomic E-state index is 0.0207. The molecule has 116 valence electrons. The van der Waals surface area contributed by atoms with Gasteiger partial charge in [-0.3, -0.25) is 4.79 Å². The van der Waals surface area contributed by atoms with E-state index < -0.39 is 5.60 Å². The van der Waals surface area contributed by atoms with Gasteiger partial charge in [0.25, 0.3) is 0 Å². The van der Waals surface area contributed by atoms with Gasteiger partial charge in [-0.15, -0.1) is 0 Å². The first-order chi connectivity index (χ1) is 10.5. The molecule has 1 aliphatic heterocycles. The van der Waals surface area contributed by atoms with E-state index in [9.17, 15) is 9.90 Å². The highest BCUT2D eigenvalue weighted by Crippen LogP contribution is 2.31. The minimum Gasteiger partial charge on any atom is -0.383 e. The number of carbonyl (C=O) groups excluding carboxylic acids is 1. The molecule has 1 N–H and O–H groups in total. The normalized spacial score (nSPS) is 21.3. The second-order valence-electron chi connectivity index (χ2n) is 6.01. The van der Waals surface area contributed by atoms with Crippen LogP contribution in [-0.2, 0) is 16.9 Å². The number of nitrogens with zero attached hydrogens (tertiary/aromatic N) is 3. The fourth-order valence-corrected chi connectivity index (χ4v) is 2.94. The molecule has 2 aromatic rings. The number of likely N-dealkylation sites (tertiary alicyclic amines) is 1. The molecule has 1 amide bonds. The number of aromatic nitrogens is 2. The lowest BCUT2D eigenvalue weighted by Crippen LogP contribution is -2.36. The second kappa shape index (κ2) is 5.57. The van der Waals surface area contributed by atoms with Gasteiger partial charge in [0.2, 0.25) is 5.91 Å². The van der Waals surface area contributed by atoms with Gasteiger partial charge in [0, 0.05) is 12.2 Å². The Kier molecular flexibility index (Phi) is 3.74. The number of hydrogen-bond donors (Lipinski definition) is 1. The van der Waals surface area contributed by atoms with Crippen molar-refractivity contribution >= 4 is 5.91 Å². The molecule has 0 spiro atoms. The zero-order valence-corrected chi connectivity index (χ0v) is 13.0. The third kappa shape index (κ3) is 2.64. The van der Waals surface area contributed by atoms with Gasteiger partial charge in [-0.05, 0) is 25.8 Å². The summed E-state index contributed by atoms with van der Waals surface area (Å²) in [6.45, 7) is 5.09. The number of aryl methyl sites for hydroxylation is 1. The fourth-order valence-electron chi connectivity index (χ4n) is 2.94. The Morgan fingerprint density at radius 1 is 1.32 bits per heavy atom. The zero-order valence-electron chi connectivity index (χ0n) is 13.0. The molecule has 5 heteroatoms. The predicted octanol–water partition coefficient (Wildman–Crippen LogP) is 1.62. The van der Waals surface area contributed by atoms with Crippen molar-refractivity contribution in [2.75, 3.05) is 13.1 Å². The van der Waals surface area contributed by atoms with Crippen LogP contribution in [0.2, 0.25) is 0 Å². The van der Waals surface area contributed by atoms with Crippen LogP contribution in [-0.4, -0.2) is 38.6 Å². The van der Waals surface area contributed by atoms with E-state index in [1.54, 1.807) is 11.2 Å². The van der Waals surface area contributed by atoms with Crippen molar-refractivity contribution in [3.63, 3.8) is 0 Å². The molecule has 1 fully saturated rings. The number of rotatable bonds is 3. The maximum Gasteiger partial charge on any atom is 0.242 e. The van der Waals surface area contributed by atoms with Crippen molar-refractivity contribution in [3.05, 3.63) is 53.6 Å². The number of aliphatic hydroxyl groups is 1. The predicted molar refractivity (Wildman–Crippen MR) is 83.2 cm³/mol. The summed E-state index contributed by atoms with van der Waals surface area (Å²) < 4.78 is 1.86. The molecule has 0 radical (unpaired) electrons. The van der Waals surface area contributed by atoms with Crippen molar-refractivity contribution in [2.45, 2.75) is 32.4 Å². The maximum absolute atomic E-state index is 12.5. The standard InChI is InChI=1S/C17H21N3O2/c1-13-14(2)20(12-18-13)10-16(21)19-9-8-17(22,11-19)15-6-4-3-5-7-15/h3-7,12,22H,8-11H2,1-2H3/t17-/m0/s1. The quantitative estimate of drug-likeness (QED) is 0.937. The van der Waals surface area contributed by atoms with Crippen LogP contribution in [0.25, 0.3) is 0 Å². The van der Waals surface area contributed by atoms with Gasteiger partial charge in [-0.2, -0.15) is 0 Å². The highest BCUT2D eigenvalue weighted by Gasteiger charge is 2.39. The Labute approximate surface area is 130 Å². The first kappa shape index (κ1) is 14.8. The number of imidazole rings is 1. The third-order valence-corrected chi connectivity index (χ3v) is 4.56. The first-order valence-electron chi connectivity index (χ1n) is 7.53. The number of hydrogen-bond acceptors (Lipinski definition) is 3. The molecule has 3 rings (SSSR count). The topological polar surface area (TPSA) is 58.4 Å². The molecular formula is C17H21N3O2. The molecule has 0 bridgehead atoms. The van der Waals surface area contributed by atoms with Crippen LogP contribution in [0.15, 0.2) is 36.7 Å². The summed E-state index contributed by atoms with van der Waals surface area (Å²) in [5, 5.41) is 10.8. The molecular weight excluding hydrogens is 278 g/mol. The van der Waals surface area contributed by atoms with Gasteiger partial charge >= 0.3 is 0 Å². The summed E-state index contributed by atoms with van der Waals surface area (Å²) in [6, 6.07) is 9.58. The molecule has 1 aromatic carbocycles. The van der Waals surface area contributed by atoms with Crippen molar-refractivity contribution in [1.29, 1.82) is 0 Å². The minimum atomic E-state index is -0.934. The molecule has 22 heavy (non-hydrogen) atoms. The van der Waals surface area contributed by atoms with E-state index in [4.69, 9.17) is 0 Å². The Morgan fingerprint density at radius 2 is 2.05 bits per heavy atom. The van der Waals surface area contributed by atoms with Gasteiger partial charge in [-0.25, -0.2) is 4.98 Å². The third-order valence-electron chi connectivity index (χ3n) is 4.56. The van der Waals surface area contributed by atoms with Crippen molar-refractivity contribution in [1.82, 2.24) is 14.5 Å². The molecule has 0 unspecified atom stereocenters. The molecule has 0 saturated carbocycles. The van der Waals surface area contributed by atoms with Gasteiger partial charge in [-0.1, -0.05) is 30.3 Å². The summed E-state index contributed by atoms with van der Waals surface area (Å²) in [4.78, 5) is 18.4. The van der Waals surface area contributed by atoms with E-state index in [2.05, 4.69) is 4.98 Å². The summed E-state index contributed by atoms with van der Waals surface area (Å²) in [6.07, 6.45) is 2.27. The smallest absolute Gasteiger partial charge is 0.242 e. The SMILES string of the molecule is Cc1ncn(CC(=O)N2CC[C@@](O)(c3ccccc3)C2)c1C. The van der Waals surface area contributed by atoms with E-state index in [1.807, 2.05) is 48.7 Å². The van der Waals surface area contributed by atoms with Gasteiger partial charge in [0.15, 0.2) is 0 Å². The number of carbonyl (C=O) groups is 1. The van der Waals surface area contributed by atoms with E-state index in [1.165, 1.54) is 0 Å². The Morgan fingerprint density at radius 3 is 2.68 bits per heavy atom. The van der Waals surface area contributed by atoms with Crippen molar-refractivity contribution in [3.8, 4) is 0 Å². The second-order valence-corrected chi connectivity index (χ2v) is 6.01. The average molecular weight is 299 g/mol. The monoisotopic (exact) mass is 299 g/mol. The summed E-state index contributed by atoms with van der Waals surface area (Å²) in [5.41, 5.74) is 1.89. The number of benzene rings is 1. The van der Waals surface area contributed by atoms with E-state index in [-0.39, 0.29) is 12.5 Å². The molecule has 1 aromatic heterocycles. The van der Waals surface area contributed by atoms with Crippen molar-refractivity contribution < 1.29 is 9.90 Å². The fraction of sp³-hybridized carbons (Fsp3) is 0.412. The van der Waals surface area contributed by atoms with E-state index in [0.29, 0.717) is 19.5 Å². The summed E-state index contributed by atoms with van der Waals surface area (Å²) in [7, 11) is 0.